The lowest BCUT2D eigenvalue weighted by Gasteiger charge is -2.36. The van der Waals surface area contributed by atoms with Gasteiger partial charge in [-0.2, -0.15) is 0 Å². The topological polar surface area (TPSA) is 53.0 Å². The van der Waals surface area contributed by atoms with Crippen LogP contribution in [0.4, 0.5) is 5.69 Å². The predicted molar refractivity (Wildman–Crippen MR) is 112 cm³/mol. The lowest BCUT2D eigenvalue weighted by Crippen LogP contribution is -2.48. The Hall–Kier alpha value is -2.69. The third kappa shape index (κ3) is 5.65. The van der Waals surface area contributed by atoms with Crippen LogP contribution in [0.15, 0.2) is 48.5 Å². The van der Waals surface area contributed by atoms with Crippen molar-refractivity contribution in [2.75, 3.05) is 37.7 Å². The van der Waals surface area contributed by atoms with E-state index in [1.807, 2.05) is 29.2 Å². The molecule has 1 aliphatic rings. The molecule has 1 saturated heterocycles. The molecule has 5 heteroatoms. The Morgan fingerprint density at radius 3 is 2.32 bits per heavy atom. The molecule has 0 spiro atoms. The van der Waals surface area contributed by atoms with Crippen LogP contribution in [-0.4, -0.2) is 48.7 Å². The van der Waals surface area contributed by atoms with E-state index < -0.39 is 0 Å². The van der Waals surface area contributed by atoms with Crippen molar-refractivity contribution >= 4 is 11.6 Å². The van der Waals surface area contributed by atoms with E-state index in [9.17, 15) is 9.90 Å². The molecule has 0 aliphatic carbocycles. The van der Waals surface area contributed by atoms with E-state index in [0.717, 1.165) is 63.5 Å². The highest BCUT2D eigenvalue weighted by atomic mass is 16.5. The third-order valence-electron chi connectivity index (χ3n) is 5.16. The number of nitrogens with zero attached hydrogens (tertiary/aromatic N) is 2. The molecule has 0 aromatic heterocycles. The minimum Gasteiger partial charge on any atom is -0.508 e. The van der Waals surface area contributed by atoms with Crippen molar-refractivity contribution in [2.45, 2.75) is 32.6 Å². The monoisotopic (exact) mass is 382 g/mol. The average molecular weight is 383 g/mol. The molecule has 150 valence electrons. The highest BCUT2D eigenvalue weighted by molar-refractivity contribution is 5.76. The van der Waals surface area contributed by atoms with Crippen molar-refractivity contribution in [3.05, 3.63) is 54.1 Å². The first-order valence-corrected chi connectivity index (χ1v) is 10.2. The number of aryl methyl sites for hydroxylation is 1. The number of ether oxygens (including phenoxy) is 1. The second-order valence-electron chi connectivity index (χ2n) is 7.23. The zero-order valence-corrected chi connectivity index (χ0v) is 16.6. The first-order valence-electron chi connectivity index (χ1n) is 10.2. The van der Waals surface area contributed by atoms with Gasteiger partial charge in [-0.1, -0.05) is 25.5 Å². The van der Waals surface area contributed by atoms with E-state index >= 15 is 0 Å². The summed E-state index contributed by atoms with van der Waals surface area (Å²) in [6.45, 7) is 6.02. The molecule has 1 amide bonds. The summed E-state index contributed by atoms with van der Waals surface area (Å²) in [5, 5.41) is 9.41. The fraction of sp³-hybridized carbons (Fsp3) is 0.435. The Kier molecular flexibility index (Phi) is 7.18. The summed E-state index contributed by atoms with van der Waals surface area (Å²) < 4.78 is 5.68. The van der Waals surface area contributed by atoms with Gasteiger partial charge in [-0.25, -0.2) is 0 Å². The summed E-state index contributed by atoms with van der Waals surface area (Å²) >= 11 is 0. The summed E-state index contributed by atoms with van der Waals surface area (Å²) in [5.41, 5.74) is 2.25. The summed E-state index contributed by atoms with van der Waals surface area (Å²) in [7, 11) is 0. The summed E-state index contributed by atoms with van der Waals surface area (Å²) in [6.07, 6.45) is 3.49. The number of anilines is 1. The number of carbonyl (C=O) groups excluding carboxylic acids is 1. The quantitative estimate of drug-likeness (QED) is 0.705. The van der Waals surface area contributed by atoms with Gasteiger partial charge in [0.05, 0.1) is 6.61 Å². The van der Waals surface area contributed by atoms with Crippen LogP contribution in [0.2, 0.25) is 0 Å². The van der Waals surface area contributed by atoms with Crippen LogP contribution < -0.4 is 9.64 Å². The Labute approximate surface area is 167 Å². The van der Waals surface area contributed by atoms with E-state index in [2.05, 4.69) is 24.0 Å². The highest BCUT2D eigenvalue weighted by Gasteiger charge is 2.21. The molecule has 1 fully saturated rings. The molecule has 1 heterocycles. The van der Waals surface area contributed by atoms with Gasteiger partial charge >= 0.3 is 0 Å². The van der Waals surface area contributed by atoms with E-state index in [-0.39, 0.29) is 11.7 Å². The van der Waals surface area contributed by atoms with Crippen molar-refractivity contribution in [3.63, 3.8) is 0 Å². The average Bonchev–Trinajstić information content (AvgIpc) is 2.74. The number of benzene rings is 2. The Balaban J connectivity index is 1.41. The second kappa shape index (κ2) is 10.0. The molecule has 0 bridgehead atoms. The van der Waals surface area contributed by atoms with Crippen molar-refractivity contribution < 1.29 is 14.6 Å². The number of phenols is 1. The molecular weight excluding hydrogens is 352 g/mol. The van der Waals surface area contributed by atoms with Crippen LogP contribution in [-0.2, 0) is 11.2 Å². The number of phenolic OH excluding ortho intramolecular Hbond substituents is 1. The largest absolute Gasteiger partial charge is 0.508 e. The predicted octanol–water partition coefficient (Wildman–Crippen LogP) is 3.85. The van der Waals surface area contributed by atoms with E-state index in [1.54, 1.807) is 12.1 Å². The van der Waals surface area contributed by atoms with Crippen LogP contribution in [0.5, 0.6) is 11.5 Å². The van der Waals surface area contributed by atoms with Gasteiger partial charge < -0.3 is 19.6 Å². The molecular formula is C23H30N2O3. The summed E-state index contributed by atoms with van der Waals surface area (Å²) in [4.78, 5) is 16.8. The minimum absolute atomic E-state index is 0.216. The first kappa shape index (κ1) is 20.1. The molecule has 2 aromatic rings. The molecule has 1 aliphatic heterocycles. The van der Waals surface area contributed by atoms with Crippen molar-refractivity contribution in [1.29, 1.82) is 0 Å². The zero-order chi connectivity index (χ0) is 19.8. The molecule has 2 aromatic carbocycles. The Morgan fingerprint density at radius 2 is 1.68 bits per heavy atom. The fourth-order valence-corrected chi connectivity index (χ4v) is 3.37. The van der Waals surface area contributed by atoms with E-state index in [0.29, 0.717) is 6.42 Å². The number of carbonyl (C=O) groups is 1. The molecule has 0 atom stereocenters. The number of rotatable bonds is 8. The lowest BCUT2D eigenvalue weighted by atomic mass is 10.1. The number of aromatic hydroxyl groups is 1. The molecule has 0 saturated carbocycles. The molecule has 0 radical (unpaired) electrons. The normalized spacial score (nSPS) is 14.2. The molecule has 3 rings (SSSR count). The van der Waals surface area contributed by atoms with Crippen molar-refractivity contribution in [2.24, 2.45) is 0 Å². The lowest BCUT2D eigenvalue weighted by molar-refractivity contribution is -0.131. The molecule has 0 unspecified atom stereocenters. The summed E-state index contributed by atoms with van der Waals surface area (Å²) in [6, 6.07) is 15.3. The van der Waals surface area contributed by atoms with Crippen LogP contribution in [0.1, 0.15) is 31.7 Å². The first-order chi connectivity index (χ1) is 13.7. The maximum Gasteiger partial charge on any atom is 0.223 e. The maximum atomic E-state index is 12.6. The molecule has 1 N–H and O–H groups in total. The Bertz CT molecular complexity index is 735. The summed E-state index contributed by atoms with van der Waals surface area (Å²) in [5.74, 6) is 1.39. The van der Waals surface area contributed by atoms with Gasteiger partial charge in [0.25, 0.3) is 0 Å². The van der Waals surface area contributed by atoms with E-state index in [4.69, 9.17) is 4.74 Å². The van der Waals surface area contributed by atoms with Crippen LogP contribution >= 0.6 is 0 Å². The Morgan fingerprint density at radius 1 is 1.00 bits per heavy atom. The number of piperazine rings is 1. The zero-order valence-electron chi connectivity index (χ0n) is 16.6. The fourth-order valence-electron chi connectivity index (χ4n) is 3.37. The number of hydrogen-bond donors (Lipinski definition) is 1. The van der Waals surface area contributed by atoms with Crippen molar-refractivity contribution in [3.8, 4) is 11.5 Å². The number of amides is 1. The van der Waals surface area contributed by atoms with Gasteiger partial charge in [0.1, 0.15) is 11.5 Å². The van der Waals surface area contributed by atoms with Gasteiger partial charge in [0.2, 0.25) is 5.91 Å². The van der Waals surface area contributed by atoms with Crippen LogP contribution in [0, 0.1) is 0 Å². The van der Waals surface area contributed by atoms with Crippen LogP contribution in [0.3, 0.4) is 0 Å². The van der Waals surface area contributed by atoms with Crippen molar-refractivity contribution in [1.82, 2.24) is 4.90 Å². The number of unbranched alkanes of at least 4 members (excludes halogenated alkanes) is 1. The third-order valence-corrected chi connectivity index (χ3v) is 5.16. The van der Waals surface area contributed by atoms with Crippen LogP contribution in [0.25, 0.3) is 0 Å². The smallest absolute Gasteiger partial charge is 0.223 e. The van der Waals surface area contributed by atoms with E-state index in [1.165, 1.54) is 5.56 Å². The minimum atomic E-state index is 0.216. The van der Waals surface area contributed by atoms with Gasteiger partial charge in [-0.05, 0) is 54.8 Å². The van der Waals surface area contributed by atoms with Gasteiger partial charge in [-0.3, -0.25) is 4.79 Å². The molecule has 5 nitrogen and oxygen atoms in total. The van der Waals surface area contributed by atoms with Gasteiger partial charge in [0, 0.05) is 38.3 Å². The SMILES string of the molecule is CCCCOc1ccc(CCC(=O)N2CCN(c3ccc(O)cc3)CC2)cc1. The second-order valence-corrected chi connectivity index (χ2v) is 7.23. The van der Waals surface area contributed by atoms with Gasteiger partial charge in [0.15, 0.2) is 0 Å². The van der Waals surface area contributed by atoms with Gasteiger partial charge in [-0.15, -0.1) is 0 Å². The number of hydrogen-bond acceptors (Lipinski definition) is 4. The molecule has 28 heavy (non-hydrogen) atoms. The standard InChI is InChI=1S/C23H30N2O3/c1-2-3-18-28-22-11-4-19(5-12-22)6-13-23(27)25-16-14-24(15-17-25)20-7-9-21(26)10-8-20/h4-5,7-12,26H,2-3,6,13-18H2,1H3. The highest BCUT2D eigenvalue weighted by Crippen LogP contribution is 2.20. The maximum absolute atomic E-state index is 12.6.